The molecule has 0 heterocycles. The van der Waals surface area contributed by atoms with E-state index in [1.807, 2.05) is 0 Å². The lowest BCUT2D eigenvalue weighted by atomic mass is 9.31. The SMILES string of the molecule is C=C(C)C1CC[C@]2(C)C[C@@H](O)[C@]3(C)C(CC(OC(=O)c4ccc(O)cc4)C4[C@@]5(C)CC[C@H](O)C(C)(C)C5CC[C@]43C)C12. The minimum Gasteiger partial charge on any atom is -0.508 e. The molecule has 0 aromatic heterocycles. The number of rotatable bonds is 3. The van der Waals surface area contributed by atoms with Crippen molar-refractivity contribution >= 4 is 5.97 Å². The van der Waals surface area contributed by atoms with Gasteiger partial charge in [0, 0.05) is 11.3 Å². The molecule has 6 unspecified atom stereocenters. The molecule has 1 aromatic rings. The quantitative estimate of drug-likeness (QED) is 0.255. The topological polar surface area (TPSA) is 87.0 Å². The first-order valence-corrected chi connectivity index (χ1v) is 16.5. The van der Waals surface area contributed by atoms with Gasteiger partial charge in [-0.3, -0.25) is 0 Å². The smallest absolute Gasteiger partial charge is 0.338 e. The number of ether oxygens (including phenoxy) is 1. The van der Waals surface area contributed by atoms with E-state index in [1.165, 1.54) is 5.57 Å². The van der Waals surface area contributed by atoms with Gasteiger partial charge in [-0.15, -0.1) is 0 Å². The Balaban J connectivity index is 1.50. The zero-order valence-corrected chi connectivity index (χ0v) is 27.0. The highest BCUT2D eigenvalue weighted by atomic mass is 16.5. The molecule has 12 atom stereocenters. The number of carbonyl (C=O) groups is 1. The van der Waals surface area contributed by atoms with Crippen LogP contribution in [-0.2, 0) is 4.74 Å². The normalized spacial score (nSPS) is 49.2. The van der Waals surface area contributed by atoms with E-state index in [-0.39, 0.29) is 62.8 Å². The van der Waals surface area contributed by atoms with Crippen LogP contribution >= 0.6 is 0 Å². The minimum atomic E-state index is -0.420. The summed E-state index contributed by atoms with van der Waals surface area (Å²) in [6, 6.07) is 6.37. The highest BCUT2D eigenvalue weighted by Gasteiger charge is 2.75. The van der Waals surface area contributed by atoms with Crippen molar-refractivity contribution in [1.82, 2.24) is 0 Å². The minimum absolute atomic E-state index is 0.0416. The third kappa shape index (κ3) is 3.90. The van der Waals surface area contributed by atoms with E-state index in [1.54, 1.807) is 24.3 Å². The molecular weight excluding hydrogens is 524 g/mol. The van der Waals surface area contributed by atoms with Crippen molar-refractivity contribution in [2.45, 2.75) is 118 Å². The lowest BCUT2D eigenvalue weighted by Crippen LogP contribution is -2.73. The van der Waals surface area contributed by atoms with Crippen molar-refractivity contribution in [3.8, 4) is 5.75 Å². The lowest BCUT2D eigenvalue weighted by Gasteiger charge is -2.74. The first-order chi connectivity index (χ1) is 19.5. The molecule has 0 spiro atoms. The molecule has 5 saturated carbocycles. The standard InChI is InChI=1S/C37H54O5/c1-21(2)24-13-16-34(5)20-29(40)37(8)25(30(24)34)19-26(42-32(41)22-9-11-23(38)12-10-22)31-35(6)17-15-28(39)33(3,4)27(35)14-18-36(31,37)7/h9-12,24-31,38-40H,1,13-20H2,2-8H3/t24?,25?,26?,27?,28-,29+,30?,31?,34+,35-,36+,37-/m0/s1. The average molecular weight is 579 g/mol. The largest absolute Gasteiger partial charge is 0.508 e. The molecule has 5 nitrogen and oxygen atoms in total. The van der Waals surface area contributed by atoms with Crippen molar-refractivity contribution in [3.63, 3.8) is 0 Å². The molecule has 5 aliphatic rings. The van der Waals surface area contributed by atoms with E-state index in [4.69, 9.17) is 4.74 Å². The molecule has 3 N–H and O–H groups in total. The Morgan fingerprint density at radius 2 is 1.60 bits per heavy atom. The van der Waals surface area contributed by atoms with Crippen LogP contribution in [0.25, 0.3) is 0 Å². The zero-order chi connectivity index (χ0) is 30.6. The number of fused-ring (bicyclic) bond motifs is 7. The Labute approximate surface area is 253 Å². The number of benzene rings is 1. The second-order valence-corrected chi connectivity index (χ2v) is 16.9. The number of allylic oxidation sites excluding steroid dienone is 1. The number of hydrogen-bond acceptors (Lipinski definition) is 5. The van der Waals surface area contributed by atoms with E-state index in [0.717, 1.165) is 51.4 Å². The maximum atomic E-state index is 13.8. The maximum absolute atomic E-state index is 13.8. The van der Waals surface area contributed by atoms with Crippen LogP contribution in [0.1, 0.15) is 110 Å². The first-order valence-electron chi connectivity index (χ1n) is 16.5. The molecule has 42 heavy (non-hydrogen) atoms. The fourth-order valence-corrected chi connectivity index (χ4v) is 12.6. The van der Waals surface area contributed by atoms with Gasteiger partial charge in [-0.25, -0.2) is 4.79 Å². The molecule has 0 aliphatic heterocycles. The molecule has 0 bridgehead atoms. The van der Waals surface area contributed by atoms with E-state index < -0.39 is 6.10 Å². The van der Waals surface area contributed by atoms with Crippen LogP contribution in [0.5, 0.6) is 5.75 Å². The van der Waals surface area contributed by atoms with Crippen LogP contribution in [-0.4, -0.2) is 39.6 Å². The van der Waals surface area contributed by atoms with Gasteiger partial charge in [-0.1, -0.05) is 53.7 Å². The zero-order valence-electron chi connectivity index (χ0n) is 27.0. The molecule has 5 heteroatoms. The predicted octanol–water partition coefficient (Wildman–Crippen LogP) is 7.54. The van der Waals surface area contributed by atoms with Crippen LogP contribution in [0.3, 0.4) is 0 Å². The van der Waals surface area contributed by atoms with Gasteiger partial charge in [0.2, 0.25) is 0 Å². The van der Waals surface area contributed by atoms with Crippen LogP contribution in [0, 0.1) is 56.7 Å². The summed E-state index contributed by atoms with van der Waals surface area (Å²) in [5.74, 6) is 1.15. The van der Waals surface area contributed by atoms with Gasteiger partial charge in [0.15, 0.2) is 0 Å². The fraction of sp³-hybridized carbons (Fsp3) is 0.757. The second kappa shape index (κ2) is 9.57. The van der Waals surface area contributed by atoms with Gasteiger partial charge >= 0.3 is 5.97 Å². The highest BCUT2D eigenvalue weighted by Crippen LogP contribution is 2.77. The Kier molecular flexibility index (Phi) is 6.88. The molecule has 0 amide bonds. The third-order valence-electron chi connectivity index (χ3n) is 14.8. The van der Waals surface area contributed by atoms with Crippen LogP contribution in [0.4, 0.5) is 0 Å². The Bertz CT molecular complexity index is 1250. The van der Waals surface area contributed by atoms with Gasteiger partial charge in [-0.2, -0.15) is 0 Å². The molecule has 6 rings (SSSR count). The summed E-state index contributed by atoms with van der Waals surface area (Å²) < 4.78 is 6.68. The number of aromatic hydroxyl groups is 1. The summed E-state index contributed by atoms with van der Waals surface area (Å²) >= 11 is 0. The van der Waals surface area contributed by atoms with Gasteiger partial charge < -0.3 is 20.1 Å². The fourth-order valence-electron chi connectivity index (χ4n) is 12.6. The number of aliphatic hydroxyl groups is 2. The number of esters is 1. The molecule has 0 saturated heterocycles. The number of phenols is 1. The molecule has 1 aromatic carbocycles. The summed E-state index contributed by atoms with van der Waals surface area (Å²) in [5, 5.41) is 33.3. The van der Waals surface area contributed by atoms with Crippen molar-refractivity contribution in [2.75, 3.05) is 0 Å². The molecule has 5 aliphatic carbocycles. The van der Waals surface area contributed by atoms with Crippen LogP contribution in [0.2, 0.25) is 0 Å². The van der Waals surface area contributed by atoms with Crippen LogP contribution < -0.4 is 0 Å². The monoisotopic (exact) mass is 578 g/mol. The molecule has 232 valence electrons. The number of aliphatic hydroxyl groups excluding tert-OH is 2. The van der Waals surface area contributed by atoms with Crippen molar-refractivity contribution in [3.05, 3.63) is 42.0 Å². The Morgan fingerprint density at radius 3 is 2.24 bits per heavy atom. The third-order valence-corrected chi connectivity index (χ3v) is 14.8. The Hall–Kier alpha value is -1.85. The van der Waals surface area contributed by atoms with Crippen LogP contribution in [0.15, 0.2) is 36.4 Å². The summed E-state index contributed by atoms with van der Waals surface area (Å²) in [6.45, 7) is 20.7. The van der Waals surface area contributed by atoms with E-state index in [0.29, 0.717) is 23.3 Å². The molecule has 0 radical (unpaired) electrons. The number of hydrogen-bond donors (Lipinski definition) is 3. The lowest BCUT2D eigenvalue weighted by molar-refractivity contribution is -0.298. The summed E-state index contributed by atoms with van der Waals surface area (Å²) in [5.41, 5.74) is 0.781. The number of carbonyl (C=O) groups excluding carboxylic acids is 1. The summed E-state index contributed by atoms with van der Waals surface area (Å²) in [4.78, 5) is 13.8. The molecule has 5 fully saturated rings. The van der Waals surface area contributed by atoms with Crippen molar-refractivity contribution in [2.24, 2.45) is 56.7 Å². The van der Waals surface area contributed by atoms with E-state index in [2.05, 4.69) is 55.0 Å². The Morgan fingerprint density at radius 1 is 0.929 bits per heavy atom. The van der Waals surface area contributed by atoms with E-state index >= 15 is 0 Å². The summed E-state index contributed by atoms with van der Waals surface area (Å²) in [7, 11) is 0. The summed E-state index contributed by atoms with van der Waals surface area (Å²) in [6.07, 6.45) is 6.30. The van der Waals surface area contributed by atoms with Crippen molar-refractivity contribution in [1.29, 1.82) is 0 Å². The van der Waals surface area contributed by atoms with Gasteiger partial charge in [0.25, 0.3) is 0 Å². The van der Waals surface area contributed by atoms with Gasteiger partial charge in [-0.05, 0) is 128 Å². The second-order valence-electron chi connectivity index (χ2n) is 16.9. The first kappa shape index (κ1) is 30.2. The van der Waals surface area contributed by atoms with Gasteiger partial charge in [0.1, 0.15) is 11.9 Å². The van der Waals surface area contributed by atoms with E-state index in [9.17, 15) is 20.1 Å². The average Bonchev–Trinajstić information content (AvgIpc) is 3.25. The molecular formula is C37H54O5. The van der Waals surface area contributed by atoms with Gasteiger partial charge in [0.05, 0.1) is 17.8 Å². The van der Waals surface area contributed by atoms with Crippen molar-refractivity contribution < 1.29 is 24.9 Å². The predicted molar refractivity (Wildman–Crippen MR) is 165 cm³/mol. The maximum Gasteiger partial charge on any atom is 0.338 e. The number of phenolic OH excluding ortho intramolecular Hbond substituents is 1. The highest BCUT2D eigenvalue weighted by molar-refractivity contribution is 5.89.